The quantitative estimate of drug-likeness (QED) is 0.443. The number of rotatable bonds is 4. The zero-order valence-corrected chi connectivity index (χ0v) is 9.10. The molecule has 0 atom stereocenters. The van der Waals surface area contributed by atoms with Crippen LogP contribution in [0.3, 0.4) is 0 Å². The molecular weight excluding hydrogens is 212 g/mol. The fourth-order valence-corrected chi connectivity index (χ4v) is 2.30. The van der Waals surface area contributed by atoms with Gasteiger partial charge in [-0.2, -0.15) is 4.37 Å². The molecule has 0 aliphatic rings. The van der Waals surface area contributed by atoms with Crippen molar-refractivity contribution in [3.05, 3.63) is 18.0 Å². The molecule has 1 aromatic heterocycles. The first-order valence-corrected chi connectivity index (χ1v) is 5.67. The Bertz CT molecular complexity index is 272. The fraction of sp³-hybridized carbons (Fsp3) is 0.429. The topological polar surface area (TPSA) is 25.8 Å². The third-order valence-corrected chi connectivity index (χ3v) is 3.55. The first-order chi connectivity index (χ1) is 5.72. The van der Waals surface area contributed by atoms with Crippen LogP contribution in [0.15, 0.2) is 16.5 Å². The van der Waals surface area contributed by atoms with Gasteiger partial charge in [-0.05, 0) is 18.5 Å². The van der Waals surface area contributed by atoms with Gasteiger partial charge in [0.1, 0.15) is 5.82 Å². The lowest BCUT2D eigenvalue weighted by molar-refractivity contribution is 1.10. The minimum absolute atomic E-state index is 0.519. The minimum atomic E-state index is 0.519. The van der Waals surface area contributed by atoms with Crippen LogP contribution < -0.4 is 0 Å². The van der Waals surface area contributed by atoms with Crippen molar-refractivity contribution >= 4 is 34.9 Å². The summed E-state index contributed by atoms with van der Waals surface area (Å²) in [7, 11) is 0. The molecule has 1 rings (SSSR count). The molecule has 0 unspecified atom stereocenters. The summed E-state index contributed by atoms with van der Waals surface area (Å²) >= 11 is 8.63. The largest absolute Gasteiger partial charge is 0.213 e. The standard InChI is InChI=1S/C7H9ClN2S2/c1-5(3-8)4-11-7-9-6(2)10-12-7/h1,3-4H2,2H3. The molecule has 5 heteroatoms. The lowest BCUT2D eigenvalue weighted by Crippen LogP contribution is -1.85. The molecule has 0 radical (unpaired) electrons. The molecular formula is C7H9ClN2S2. The van der Waals surface area contributed by atoms with E-state index in [4.69, 9.17) is 11.6 Å². The van der Waals surface area contributed by atoms with Crippen molar-refractivity contribution in [2.75, 3.05) is 11.6 Å². The van der Waals surface area contributed by atoms with Gasteiger partial charge in [0.25, 0.3) is 0 Å². The maximum atomic E-state index is 5.58. The SMILES string of the molecule is C=C(CCl)CSc1nc(C)ns1. The normalized spacial score (nSPS) is 10.2. The minimum Gasteiger partial charge on any atom is -0.213 e. The zero-order valence-electron chi connectivity index (χ0n) is 6.71. The van der Waals surface area contributed by atoms with Crippen molar-refractivity contribution in [1.29, 1.82) is 0 Å². The van der Waals surface area contributed by atoms with Crippen molar-refractivity contribution in [2.45, 2.75) is 11.3 Å². The summed E-state index contributed by atoms with van der Waals surface area (Å²) in [5, 5.41) is 0. The van der Waals surface area contributed by atoms with E-state index in [1.807, 2.05) is 6.92 Å². The number of hydrogen-bond acceptors (Lipinski definition) is 4. The Labute approximate surface area is 85.2 Å². The average molecular weight is 221 g/mol. The number of thioether (sulfide) groups is 1. The van der Waals surface area contributed by atoms with Crippen LogP contribution in [-0.2, 0) is 0 Å². The lowest BCUT2D eigenvalue weighted by Gasteiger charge is -1.96. The van der Waals surface area contributed by atoms with E-state index in [-0.39, 0.29) is 0 Å². The number of nitrogens with zero attached hydrogens (tertiary/aromatic N) is 2. The highest BCUT2D eigenvalue weighted by atomic mass is 35.5. The number of hydrogen-bond donors (Lipinski definition) is 0. The van der Waals surface area contributed by atoms with E-state index in [9.17, 15) is 0 Å². The number of aromatic nitrogens is 2. The number of alkyl halides is 1. The highest BCUT2D eigenvalue weighted by molar-refractivity contribution is 8.01. The summed E-state index contributed by atoms with van der Waals surface area (Å²) in [6.07, 6.45) is 0. The Balaban J connectivity index is 2.38. The molecule has 2 nitrogen and oxygen atoms in total. The van der Waals surface area contributed by atoms with Gasteiger partial charge in [0, 0.05) is 11.6 Å². The molecule has 12 heavy (non-hydrogen) atoms. The van der Waals surface area contributed by atoms with Crippen LogP contribution >= 0.6 is 34.9 Å². The van der Waals surface area contributed by atoms with Gasteiger partial charge in [-0.25, -0.2) is 4.98 Å². The highest BCUT2D eigenvalue weighted by Crippen LogP contribution is 2.21. The summed E-state index contributed by atoms with van der Waals surface area (Å²) in [6, 6.07) is 0. The van der Waals surface area contributed by atoms with E-state index in [2.05, 4.69) is 15.9 Å². The molecule has 0 amide bonds. The molecule has 0 N–H and O–H groups in total. The van der Waals surface area contributed by atoms with E-state index in [1.54, 1.807) is 11.8 Å². The van der Waals surface area contributed by atoms with Gasteiger partial charge in [0.05, 0.1) is 0 Å². The molecule has 66 valence electrons. The van der Waals surface area contributed by atoms with Crippen LogP contribution in [0, 0.1) is 6.92 Å². The predicted molar refractivity (Wildman–Crippen MR) is 55.2 cm³/mol. The molecule has 0 bridgehead atoms. The van der Waals surface area contributed by atoms with E-state index in [0.29, 0.717) is 5.88 Å². The third kappa shape index (κ3) is 3.13. The molecule has 1 heterocycles. The maximum Gasteiger partial charge on any atom is 0.170 e. The first-order valence-electron chi connectivity index (χ1n) is 3.38. The Morgan fingerprint density at radius 1 is 1.75 bits per heavy atom. The van der Waals surface area contributed by atoms with Crippen LogP contribution in [0.4, 0.5) is 0 Å². The van der Waals surface area contributed by atoms with Crippen molar-refractivity contribution in [3.63, 3.8) is 0 Å². The van der Waals surface area contributed by atoms with Crippen molar-refractivity contribution in [3.8, 4) is 0 Å². The molecule has 0 spiro atoms. The Hall–Kier alpha value is -0.0600. The summed E-state index contributed by atoms with van der Waals surface area (Å²) in [6.45, 7) is 5.68. The number of halogens is 1. The third-order valence-electron chi connectivity index (χ3n) is 1.10. The zero-order chi connectivity index (χ0) is 8.97. The van der Waals surface area contributed by atoms with Gasteiger partial charge in [0.15, 0.2) is 4.34 Å². The Morgan fingerprint density at radius 3 is 3.00 bits per heavy atom. The molecule has 0 fully saturated rings. The van der Waals surface area contributed by atoms with Crippen molar-refractivity contribution in [1.82, 2.24) is 9.36 Å². The second kappa shape index (κ2) is 4.84. The Morgan fingerprint density at radius 2 is 2.50 bits per heavy atom. The van der Waals surface area contributed by atoms with Gasteiger partial charge in [-0.15, -0.1) is 11.6 Å². The molecule has 0 aliphatic carbocycles. The number of aryl methyl sites for hydroxylation is 1. The summed E-state index contributed by atoms with van der Waals surface area (Å²) < 4.78 is 5.05. The van der Waals surface area contributed by atoms with E-state index in [0.717, 1.165) is 21.5 Å². The van der Waals surface area contributed by atoms with Crippen LogP contribution in [0.25, 0.3) is 0 Å². The molecule has 0 saturated carbocycles. The second-order valence-electron chi connectivity index (χ2n) is 2.28. The molecule has 0 saturated heterocycles. The van der Waals surface area contributed by atoms with Crippen molar-refractivity contribution in [2.24, 2.45) is 0 Å². The summed E-state index contributed by atoms with van der Waals surface area (Å²) in [5.74, 6) is 2.18. The average Bonchev–Trinajstić information content (AvgIpc) is 2.47. The van der Waals surface area contributed by atoms with E-state index >= 15 is 0 Å². The van der Waals surface area contributed by atoms with Gasteiger partial charge in [-0.3, -0.25) is 0 Å². The Kier molecular flexibility index (Phi) is 4.05. The maximum absolute atomic E-state index is 5.58. The first kappa shape index (κ1) is 10.0. The summed E-state index contributed by atoms with van der Waals surface area (Å²) in [5.41, 5.74) is 1.02. The fourth-order valence-electron chi connectivity index (χ4n) is 0.539. The molecule has 0 aliphatic heterocycles. The van der Waals surface area contributed by atoms with Gasteiger partial charge in [-0.1, -0.05) is 23.9 Å². The predicted octanol–water partition coefficient (Wildman–Crippen LogP) is 2.73. The van der Waals surface area contributed by atoms with Crippen molar-refractivity contribution < 1.29 is 0 Å². The monoisotopic (exact) mass is 220 g/mol. The molecule has 0 aromatic carbocycles. The van der Waals surface area contributed by atoms with E-state index < -0.39 is 0 Å². The van der Waals surface area contributed by atoms with Gasteiger partial charge < -0.3 is 0 Å². The second-order valence-corrected chi connectivity index (χ2v) is 4.52. The lowest BCUT2D eigenvalue weighted by atomic mass is 10.4. The van der Waals surface area contributed by atoms with Crippen LogP contribution in [-0.4, -0.2) is 21.0 Å². The van der Waals surface area contributed by atoms with Crippen LogP contribution in [0.1, 0.15) is 5.82 Å². The van der Waals surface area contributed by atoms with Crippen LogP contribution in [0.2, 0.25) is 0 Å². The van der Waals surface area contributed by atoms with Gasteiger partial charge >= 0.3 is 0 Å². The van der Waals surface area contributed by atoms with E-state index in [1.165, 1.54) is 11.5 Å². The molecule has 1 aromatic rings. The van der Waals surface area contributed by atoms with Gasteiger partial charge in [0.2, 0.25) is 0 Å². The highest BCUT2D eigenvalue weighted by Gasteiger charge is 2.01. The smallest absolute Gasteiger partial charge is 0.170 e. The van der Waals surface area contributed by atoms with Crippen LogP contribution in [0.5, 0.6) is 0 Å². The summed E-state index contributed by atoms with van der Waals surface area (Å²) in [4.78, 5) is 4.20.